The molecule has 2 unspecified atom stereocenters. The molecule has 5 heteroatoms. The van der Waals surface area contributed by atoms with Crippen molar-refractivity contribution in [3.63, 3.8) is 0 Å². The lowest BCUT2D eigenvalue weighted by Crippen LogP contribution is -2.54. The Kier molecular flexibility index (Phi) is 3.42. The molecule has 0 amide bonds. The highest BCUT2D eigenvalue weighted by Gasteiger charge is 2.59. The van der Waals surface area contributed by atoms with E-state index in [0.717, 1.165) is 0 Å². The third kappa shape index (κ3) is 2.07. The van der Waals surface area contributed by atoms with Gasteiger partial charge in [-0.3, -0.25) is 4.79 Å². The summed E-state index contributed by atoms with van der Waals surface area (Å²) in [6.07, 6.45) is -1.41. The largest absolute Gasteiger partial charge is 0.464 e. The number of rotatable bonds is 3. The molecule has 0 saturated carbocycles. The number of para-hydroxylation sites is 2. The first-order valence-corrected chi connectivity index (χ1v) is 6.80. The van der Waals surface area contributed by atoms with Crippen LogP contribution in [0.1, 0.15) is 18.6 Å². The monoisotopic (exact) mass is 298 g/mol. The van der Waals surface area contributed by atoms with Gasteiger partial charge in [0.25, 0.3) is 5.60 Å². The molecule has 1 heterocycles. The molecule has 2 aromatic rings. The number of aliphatic hydroxyl groups excluding tert-OH is 1. The van der Waals surface area contributed by atoms with Gasteiger partial charge in [-0.2, -0.15) is 0 Å². The number of Topliss-reactive ketones (excluding diaryl/α,β-unsaturated/α-hetero) is 1. The van der Waals surface area contributed by atoms with Crippen molar-refractivity contribution in [3.8, 4) is 11.5 Å². The van der Waals surface area contributed by atoms with Gasteiger partial charge in [-0.1, -0.05) is 36.4 Å². The molecular formula is C17H14O5. The van der Waals surface area contributed by atoms with Gasteiger partial charge in [-0.05, 0) is 25.1 Å². The van der Waals surface area contributed by atoms with Crippen LogP contribution in [0.4, 0.5) is 0 Å². The number of carbonyl (C=O) groups excluding carboxylic acids is 2. The fourth-order valence-corrected chi connectivity index (χ4v) is 2.48. The van der Waals surface area contributed by atoms with Crippen LogP contribution in [0.2, 0.25) is 0 Å². The van der Waals surface area contributed by atoms with Gasteiger partial charge in [-0.15, -0.1) is 0 Å². The Morgan fingerprint density at radius 3 is 2.36 bits per heavy atom. The number of aliphatic hydroxyl groups is 1. The topological polar surface area (TPSA) is 72.8 Å². The first kappa shape index (κ1) is 14.3. The Bertz CT molecular complexity index is 725. The summed E-state index contributed by atoms with van der Waals surface area (Å²) in [6, 6.07) is 14.9. The van der Waals surface area contributed by atoms with Crippen molar-refractivity contribution in [2.75, 3.05) is 0 Å². The lowest BCUT2D eigenvalue weighted by atomic mass is 9.90. The maximum Gasteiger partial charge on any atom is 0.367 e. The minimum atomic E-state index is -2.07. The van der Waals surface area contributed by atoms with Gasteiger partial charge in [0.1, 0.15) is 17.6 Å². The van der Waals surface area contributed by atoms with Gasteiger partial charge in [-0.25, -0.2) is 4.79 Å². The van der Waals surface area contributed by atoms with E-state index in [-0.39, 0.29) is 5.75 Å². The minimum absolute atomic E-state index is 0.278. The van der Waals surface area contributed by atoms with Gasteiger partial charge in [0, 0.05) is 5.56 Å². The SMILES string of the molecule is CC(=O)C1(C(=O)Oc2ccccc2)Oc2ccccc2C1O. The molecule has 3 rings (SSSR count). The van der Waals surface area contributed by atoms with Crippen LogP contribution in [0.25, 0.3) is 0 Å². The number of ketones is 1. The number of carbonyl (C=O) groups is 2. The summed E-state index contributed by atoms with van der Waals surface area (Å²) < 4.78 is 10.7. The molecule has 1 aliphatic rings. The van der Waals surface area contributed by atoms with Gasteiger partial charge < -0.3 is 14.6 Å². The van der Waals surface area contributed by atoms with Crippen molar-refractivity contribution in [1.29, 1.82) is 0 Å². The van der Waals surface area contributed by atoms with E-state index >= 15 is 0 Å². The normalized spacial score (nSPS) is 22.5. The molecule has 0 aliphatic carbocycles. The summed E-state index contributed by atoms with van der Waals surface area (Å²) >= 11 is 0. The van der Waals surface area contributed by atoms with E-state index in [1.54, 1.807) is 54.6 Å². The highest BCUT2D eigenvalue weighted by atomic mass is 16.6. The molecule has 0 spiro atoms. The molecule has 1 aliphatic heterocycles. The molecule has 0 fully saturated rings. The van der Waals surface area contributed by atoms with Crippen molar-refractivity contribution < 1.29 is 24.2 Å². The lowest BCUT2D eigenvalue weighted by molar-refractivity contribution is -0.166. The van der Waals surface area contributed by atoms with Crippen LogP contribution in [0.15, 0.2) is 54.6 Å². The van der Waals surface area contributed by atoms with Crippen LogP contribution in [0, 0.1) is 0 Å². The number of benzene rings is 2. The molecule has 2 aromatic carbocycles. The van der Waals surface area contributed by atoms with Gasteiger partial charge in [0.2, 0.25) is 0 Å². The lowest BCUT2D eigenvalue weighted by Gasteiger charge is -2.26. The fourth-order valence-electron chi connectivity index (χ4n) is 2.48. The first-order chi connectivity index (χ1) is 10.6. The zero-order chi connectivity index (χ0) is 15.7. The van der Waals surface area contributed by atoms with Crippen LogP contribution >= 0.6 is 0 Å². The standard InChI is InChI=1S/C17H14O5/c1-11(18)17(16(20)21-12-7-3-2-4-8-12)15(19)13-9-5-6-10-14(13)22-17/h2-10,15,19H,1H3. The molecule has 112 valence electrons. The van der Waals surface area contributed by atoms with Crippen LogP contribution in [0.5, 0.6) is 11.5 Å². The smallest absolute Gasteiger partial charge is 0.367 e. The highest BCUT2D eigenvalue weighted by molar-refractivity contribution is 6.09. The van der Waals surface area contributed by atoms with E-state index in [0.29, 0.717) is 11.3 Å². The van der Waals surface area contributed by atoms with Gasteiger partial charge >= 0.3 is 5.97 Å². The Hall–Kier alpha value is -2.66. The number of hydrogen-bond donors (Lipinski definition) is 1. The fraction of sp³-hybridized carbons (Fsp3) is 0.176. The van der Waals surface area contributed by atoms with E-state index in [9.17, 15) is 14.7 Å². The van der Waals surface area contributed by atoms with Crippen molar-refractivity contribution in [3.05, 3.63) is 60.2 Å². The molecular weight excluding hydrogens is 284 g/mol. The van der Waals surface area contributed by atoms with E-state index < -0.39 is 23.5 Å². The quantitative estimate of drug-likeness (QED) is 0.533. The predicted octanol–water partition coefficient (Wildman–Crippen LogP) is 2.05. The van der Waals surface area contributed by atoms with Crippen LogP contribution in [-0.2, 0) is 9.59 Å². The summed E-state index contributed by atoms with van der Waals surface area (Å²) in [6.45, 7) is 1.20. The van der Waals surface area contributed by atoms with Crippen LogP contribution < -0.4 is 9.47 Å². The van der Waals surface area contributed by atoms with Crippen molar-refractivity contribution in [2.45, 2.75) is 18.6 Å². The molecule has 2 atom stereocenters. The number of ether oxygens (including phenoxy) is 2. The molecule has 1 N–H and O–H groups in total. The average molecular weight is 298 g/mol. The summed E-state index contributed by atoms with van der Waals surface area (Å²) in [5.41, 5.74) is -1.68. The number of hydrogen-bond acceptors (Lipinski definition) is 5. The maximum atomic E-state index is 12.5. The zero-order valence-electron chi connectivity index (χ0n) is 11.9. The Morgan fingerprint density at radius 1 is 1.09 bits per heavy atom. The van der Waals surface area contributed by atoms with Crippen molar-refractivity contribution in [1.82, 2.24) is 0 Å². The molecule has 0 aromatic heterocycles. The van der Waals surface area contributed by atoms with Crippen LogP contribution in [-0.4, -0.2) is 22.5 Å². The summed E-state index contributed by atoms with van der Waals surface area (Å²) in [5.74, 6) is -0.970. The highest BCUT2D eigenvalue weighted by Crippen LogP contribution is 2.44. The zero-order valence-corrected chi connectivity index (χ0v) is 11.9. The number of fused-ring (bicyclic) bond motifs is 1. The van der Waals surface area contributed by atoms with Crippen LogP contribution in [0.3, 0.4) is 0 Å². The third-order valence-electron chi connectivity index (χ3n) is 3.65. The Balaban J connectivity index is 1.98. The molecule has 22 heavy (non-hydrogen) atoms. The molecule has 0 radical (unpaired) electrons. The molecule has 0 bridgehead atoms. The second-order valence-electron chi connectivity index (χ2n) is 5.04. The van der Waals surface area contributed by atoms with E-state index in [1.165, 1.54) is 6.92 Å². The molecule has 0 saturated heterocycles. The van der Waals surface area contributed by atoms with Crippen molar-refractivity contribution in [2.24, 2.45) is 0 Å². The summed E-state index contributed by atoms with van der Waals surface area (Å²) in [5, 5.41) is 10.5. The van der Waals surface area contributed by atoms with E-state index in [2.05, 4.69) is 0 Å². The van der Waals surface area contributed by atoms with Crippen molar-refractivity contribution >= 4 is 11.8 Å². The maximum absolute atomic E-state index is 12.5. The third-order valence-corrected chi connectivity index (χ3v) is 3.65. The second-order valence-corrected chi connectivity index (χ2v) is 5.04. The summed E-state index contributed by atoms with van der Waals surface area (Å²) in [7, 11) is 0. The summed E-state index contributed by atoms with van der Waals surface area (Å²) in [4.78, 5) is 24.6. The van der Waals surface area contributed by atoms with E-state index in [1.807, 2.05) is 0 Å². The second kappa shape index (κ2) is 5.27. The first-order valence-electron chi connectivity index (χ1n) is 6.80. The minimum Gasteiger partial charge on any atom is -0.464 e. The average Bonchev–Trinajstić information content (AvgIpc) is 2.83. The Morgan fingerprint density at radius 2 is 1.73 bits per heavy atom. The predicted molar refractivity (Wildman–Crippen MR) is 77.5 cm³/mol. The Labute approximate surface area is 127 Å². The van der Waals surface area contributed by atoms with Gasteiger partial charge in [0.05, 0.1) is 0 Å². The molecule has 5 nitrogen and oxygen atoms in total. The van der Waals surface area contributed by atoms with E-state index in [4.69, 9.17) is 9.47 Å². The number of esters is 1. The van der Waals surface area contributed by atoms with Gasteiger partial charge in [0.15, 0.2) is 5.78 Å².